The lowest BCUT2D eigenvalue weighted by Crippen LogP contribution is -2.44. The molecule has 0 bridgehead atoms. The summed E-state index contributed by atoms with van der Waals surface area (Å²) in [5, 5.41) is 3.24. The van der Waals surface area contributed by atoms with E-state index in [2.05, 4.69) is 37.4 Å². The summed E-state index contributed by atoms with van der Waals surface area (Å²) in [6.45, 7) is 4.32. The third-order valence-corrected chi connectivity index (χ3v) is 6.17. The number of carbonyl (C=O) groups is 1. The lowest BCUT2D eigenvalue weighted by Gasteiger charge is -2.41. The van der Waals surface area contributed by atoms with Crippen LogP contribution < -0.4 is 10.1 Å². The van der Waals surface area contributed by atoms with Crippen LogP contribution in [0.4, 0.5) is 0 Å². The van der Waals surface area contributed by atoms with Gasteiger partial charge in [0, 0.05) is 17.7 Å². The lowest BCUT2D eigenvalue weighted by molar-refractivity contribution is -0.120. The van der Waals surface area contributed by atoms with E-state index in [1.54, 1.807) is 11.8 Å². The largest absolute Gasteiger partial charge is 0.487 e. The molecule has 0 saturated heterocycles. The zero-order chi connectivity index (χ0) is 18.4. The topological polar surface area (TPSA) is 38.3 Å². The van der Waals surface area contributed by atoms with Gasteiger partial charge < -0.3 is 10.1 Å². The van der Waals surface area contributed by atoms with E-state index >= 15 is 0 Å². The van der Waals surface area contributed by atoms with Crippen LogP contribution in [0.3, 0.4) is 0 Å². The van der Waals surface area contributed by atoms with E-state index in [4.69, 9.17) is 4.74 Å². The zero-order valence-electron chi connectivity index (χ0n) is 15.5. The van der Waals surface area contributed by atoms with Gasteiger partial charge in [-0.15, -0.1) is 11.8 Å². The molecule has 3 nitrogen and oxygen atoms in total. The molecule has 1 heterocycles. The smallest absolute Gasteiger partial charge is 0.230 e. The Bertz CT molecular complexity index is 728. The minimum absolute atomic E-state index is 0.0182. The van der Waals surface area contributed by atoms with Crippen molar-refractivity contribution in [2.24, 2.45) is 0 Å². The van der Waals surface area contributed by atoms with Gasteiger partial charge in [-0.3, -0.25) is 4.79 Å². The first-order valence-electron chi connectivity index (χ1n) is 9.35. The van der Waals surface area contributed by atoms with Gasteiger partial charge in [-0.2, -0.15) is 0 Å². The van der Waals surface area contributed by atoms with Crippen LogP contribution in [0.15, 0.2) is 54.6 Å². The second kappa shape index (κ2) is 8.63. The Balaban J connectivity index is 1.63. The maximum atomic E-state index is 12.5. The number of benzene rings is 2. The zero-order valence-corrected chi connectivity index (χ0v) is 16.4. The van der Waals surface area contributed by atoms with E-state index in [0.717, 1.165) is 36.3 Å². The van der Waals surface area contributed by atoms with Crippen molar-refractivity contribution in [3.8, 4) is 5.75 Å². The highest BCUT2D eigenvalue weighted by molar-refractivity contribution is 7.99. The first kappa shape index (κ1) is 18.8. The number of hydrogen-bond acceptors (Lipinski definition) is 3. The molecule has 26 heavy (non-hydrogen) atoms. The summed E-state index contributed by atoms with van der Waals surface area (Å²) in [6, 6.07) is 18.4. The van der Waals surface area contributed by atoms with Crippen molar-refractivity contribution < 1.29 is 9.53 Å². The second-order valence-corrected chi connectivity index (χ2v) is 7.82. The van der Waals surface area contributed by atoms with Gasteiger partial charge in [0.25, 0.3) is 0 Å². The Hall–Kier alpha value is -1.94. The summed E-state index contributed by atoms with van der Waals surface area (Å²) in [7, 11) is 0. The summed E-state index contributed by atoms with van der Waals surface area (Å²) in [4.78, 5) is 12.5. The molecule has 1 amide bonds. The molecule has 0 saturated carbocycles. The van der Waals surface area contributed by atoms with Gasteiger partial charge in [0.15, 0.2) is 0 Å². The maximum absolute atomic E-state index is 12.5. The van der Waals surface area contributed by atoms with Crippen LogP contribution in [-0.2, 0) is 10.5 Å². The fourth-order valence-electron chi connectivity index (χ4n) is 3.50. The third-order valence-electron chi connectivity index (χ3n) is 5.17. The van der Waals surface area contributed by atoms with Gasteiger partial charge in [-0.25, -0.2) is 0 Å². The third kappa shape index (κ3) is 4.42. The van der Waals surface area contributed by atoms with E-state index in [9.17, 15) is 4.79 Å². The van der Waals surface area contributed by atoms with E-state index < -0.39 is 0 Å². The molecule has 4 heteroatoms. The summed E-state index contributed by atoms with van der Waals surface area (Å²) in [5.74, 6) is 2.32. The van der Waals surface area contributed by atoms with Crippen LogP contribution in [0.25, 0.3) is 0 Å². The quantitative estimate of drug-likeness (QED) is 0.736. The van der Waals surface area contributed by atoms with E-state index in [1.807, 2.05) is 36.4 Å². The normalized spacial score (nSPS) is 17.8. The van der Waals surface area contributed by atoms with Crippen LogP contribution >= 0.6 is 11.8 Å². The molecule has 1 N–H and O–H groups in total. The van der Waals surface area contributed by atoms with Crippen molar-refractivity contribution in [2.75, 3.05) is 5.75 Å². The summed E-state index contributed by atoms with van der Waals surface area (Å²) >= 11 is 1.65. The highest BCUT2D eigenvalue weighted by atomic mass is 32.2. The van der Waals surface area contributed by atoms with Gasteiger partial charge in [0.1, 0.15) is 11.4 Å². The molecule has 0 unspecified atom stereocenters. The van der Waals surface area contributed by atoms with Crippen molar-refractivity contribution in [1.82, 2.24) is 5.32 Å². The molecule has 1 aliphatic heterocycles. The molecule has 0 fully saturated rings. The van der Waals surface area contributed by atoms with Crippen LogP contribution in [0.2, 0.25) is 0 Å². The van der Waals surface area contributed by atoms with Gasteiger partial charge in [-0.1, -0.05) is 62.4 Å². The molecule has 0 aromatic heterocycles. The van der Waals surface area contributed by atoms with Crippen LogP contribution in [0.5, 0.6) is 5.75 Å². The molecule has 2 aromatic carbocycles. The SMILES string of the molecule is CCC1(CC)C[C@@H](NC(=O)CSCc2ccccc2)c2ccccc2O1. The van der Waals surface area contributed by atoms with Crippen LogP contribution in [0.1, 0.15) is 50.3 Å². The number of nitrogens with one attached hydrogen (secondary N) is 1. The number of hydrogen-bond donors (Lipinski definition) is 1. The van der Waals surface area contributed by atoms with Crippen molar-refractivity contribution in [1.29, 1.82) is 0 Å². The highest BCUT2D eigenvalue weighted by Gasteiger charge is 2.38. The van der Waals surface area contributed by atoms with Crippen molar-refractivity contribution in [2.45, 2.75) is 50.5 Å². The van der Waals surface area contributed by atoms with E-state index in [1.165, 1.54) is 5.56 Å². The summed E-state index contributed by atoms with van der Waals surface area (Å²) < 4.78 is 6.31. The molecule has 0 spiro atoms. The molecule has 1 atom stereocenters. The number of thioether (sulfide) groups is 1. The van der Waals surface area contributed by atoms with Gasteiger partial charge in [0.05, 0.1) is 11.8 Å². The summed E-state index contributed by atoms with van der Waals surface area (Å²) in [5.41, 5.74) is 2.15. The number of para-hydroxylation sites is 1. The average molecular weight is 370 g/mol. The number of fused-ring (bicyclic) bond motifs is 1. The first-order chi connectivity index (χ1) is 12.7. The van der Waals surface area contributed by atoms with E-state index in [-0.39, 0.29) is 17.6 Å². The lowest BCUT2D eigenvalue weighted by atomic mass is 9.83. The van der Waals surface area contributed by atoms with Gasteiger partial charge in [0.2, 0.25) is 5.91 Å². The molecular weight excluding hydrogens is 342 g/mol. The monoisotopic (exact) mass is 369 g/mol. The molecule has 3 rings (SSSR count). The van der Waals surface area contributed by atoms with Crippen molar-refractivity contribution in [3.05, 3.63) is 65.7 Å². The molecule has 2 aromatic rings. The Morgan fingerprint density at radius 2 is 1.81 bits per heavy atom. The predicted molar refractivity (Wildman–Crippen MR) is 108 cm³/mol. The molecule has 0 radical (unpaired) electrons. The minimum atomic E-state index is -0.191. The Morgan fingerprint density at radius 1 is 1.12 bits per heavy atom. The molecule has 0 aliphatic carbocycles. The van der Waals surface area contributed by atoms with Crippen LogP contribution in [-0.4, -0.2) is 17.3 Å². The van der Waals surface area contributed by atoms with E-state index in [0.29, 0.717) is 5.75 Å². The number of amides is 1. The first-order valence-corrected chi connectivity index (χ1v) is 10.5. The molecule has 138 valence electrons. The number of rotatable bonds is 7. The fraction of sp³-hybridized carbons (Fsp3) is 0.409. The standard InChI is InChI=1S/C22H27NO2S/c1-3-22(4-2)14-19(18-12-8-9-13-20(18)25-22)23-21(24)16-26-15-17-10-6-5-7-11-17/h5-13,19H,3-4,14-16H2,1-2H3,(H,23,24)/t19-/m1/s1. The van der Waals surface area contributed by atoms with Gasteiger partial charge >= 0.3 is 0 Å². The summed E-state index contributed by atoms with van der Waals surface area (Å²) in [6.07, 6.45) is 2.70. The highest BCUT2D eigenvalue weighted by Crippen LogP contribution is 2.42. The predicted octanol–water partition coefficient (Wildman–Crippen LogP) is 5.12. The van der Waals surface area contributed by atoms with Crippen molar-refractivity contribution >= 4 is 17.7 Å². The number of carbonyl (C=O) groups excluding carboxylic acids is 1. The number of ether oxygens (including phenoxy) is 1. The second-order valence-electron chi connectivity index (χ2n) is 6.83. The Morgan fingerprint density at radius 3 is 2.54 bits per heavy atom. The van der Waals surface area contributed by atoms with Crippen molar-refractivity contribution in [3.63, 3.8) is 0 Å². The van der Waals surface area contributed by atoms with Gasteiger partial charge in [-0.05, 0) is 24.5 Å². The Kier molecular flexibility index (Phi) is 6.25. The van der Waals surface area contributed by atoms with Crippen LogP contribution in [0, 0.1) is 0 Å². The Labute approximate surface area is 160 Å². The average Bonchev–Trinajstić information content (AvgIpc) is 2.68. The minimum Gasteiger partial charge on any atom is -0.487 e. The fourth-order valence-corrected chi connectivity index (χ4v) is 4.30. The maximum Gasteiger partial charge on any atom is 0.230 e. The molecule has 1 aliphatic rings. The molecular formula is C22H27NO2S.